The van der Waals surface area contributed by atoms with Gasteiger partial charge in [0.15, 0.2) is 0 Å². The lowest BCUT2D eigenvalue weighted by atomic mass is 10.0. The zero-order chi connectivity index (χ0) is 16.8. The van der Waals surface area contributed by atoms with E-state index in [0.29, 0.717) is 28.1 Å². The van der Waals surface area contributed by atoms with E-state index in [0.717, 1.165) is 11.1 Å². The Morgan fingerprint density at radius 1 is 0.708 bits per heavy atom. The van der Waals surface area contributed by atoms with Crippen molar-refractivity contribution in [2.75, 3.05) is 0 Å². The molecule has 0 aliphatic carbocycles. The highest BCUT2D eigenvalue weighted by molar-refractivity contribution is 6.30. The molecular formula is C19H13FN2O2. The molecule has 2 aliphatic heterocycles. The van der Waals surface area contributed by atoms with Gasteiger partial charge in [-0.2, -0.15) is 0 Å². The van der Waals surface area contributed by atoms with Crippen LogP contribution in [-0.2, 0) is 9.59 Å². The van der Waals surface area contributed by atoms with Gasteiger partial charge in [-0.1, -0.05) is 29.8 Å². The van der Waals surface area contributed by atoms with E-state index in [9.17, 15) is 14.0 Å². The molecule has 2 aromatic carbocycles. The summed E-state index contributed by atoms with van der Waals surface area (Å²) in [6, 6.07) is 13.2. The van der Waals surface area contributed by atoms with Crippen LogP contribution < -0.4 is 10.6 Å². The molecule has 2 N–H and O–H groups in total. The lowest BCUT2D eigenvalue weighted by molar-refractivity contribution is -0.117. The zero-order valence-electron chi connectivity index (χ0n) is 12.8. The fourth-order valence-electron chi connectivity index (χ4n) is 2.95. The number of aryl methyl sites for hydroxylation is 1. The van der Waals surface area contributed by atoms with Crippen molar-refractivity contribution in [2.24, 2.45) is 0 Å². The number of nitrogens with one attached hydrogen (secondary N) is 2. The minimum atomic E-state index is -0.374. The molecule has 0 bridgehead atoms. The van der Waals surface area contributed by atoms with Crippen molar-refractivity contribution < 1.29 is 14.0 Å². The Labute approximate surface area is 137 Å². The van der Waals surface area contributed by atoms with Crippen molar-refractivity contribution in [3.63, 3.8) is 0 Å². The first-order valence-electron chi connectivity index (χ1n) is 7.49. The van der Waals surface area contributed by atoms with Crippen LogP contribution in [0.15, 0.2) is 59.7 Å². The highest BCUT2D eigenvalue weighted by Gasteiger charge is 2.40. The molecule has 5 heteroatoms. The van der Waals surface area contributed by atoms with E-state index in [1.165, 1.54) is 24.3 Å². The predicted octanol–water partition coefficient (Wildman–Crippen LogP) is 2.52. The monoisotopic (exact) mass is 320 g/mol. The summed E-state index contributed by atoms with van der Waals surface area (Å²) in [5.41, 5.74) is 4.02. The van der Waals surface area contributed by atoms with Gasteiger partial charge in [0.1, 0.15) is 5.82 Å². The molecule has 4 nitrogen and oxygen atoms in total. The van der Waals surface area contributed by atoms with Gasteiger partial charge in [0, 0.05) is 0 Å². The number of rotatable bonds is 2. The van der Waals surface area contributed by atoms with Crippen LogP contribution in [0.1, 0.15) is 16.7 Å². The first-order valence-corrected chi connectivity index (χ1v) is 7.49. The van der Waals surface area contributed by atoms with Gasteiger partial charge < -0.3 is 10.6 Å². The third kappa shape index (κ3) is 2.13. The Kier molecular flexibility index (Phi) is 3.09. The van der Waals surface area contributed by atoms with E-state index in [1.807, 2.05) is 31.2 Å². The molecule has 2 amide bonds. The minimum Gasteiger partial charge on any atom is -0.321 e. The number of amides is 2. The second-order valence-corrected chi connectivity index (χ2v) is 5.78. The van der Waals surface area contributed by atoms with Crippen LogP contribution in [0.4, 0.5) is 4.39 Å². The number of hydrogen-bond acceptors (Lipinski definition) is 2. The molecule has 2 heterocycles. The molecule has 0 atom stereocenters. The minimum absolute atomic E-state index is 0.308. The van der Waals surface area contributed by atoms with Crippen LogP contribution in [0.2, 0.25) is 0 Å². The van der Waals surface area contributed by atoms with Crippen molar-refractivity contribution in [3.8, 4) is 0 Å². The summed E-state index contributed by atoms with van der Waals surface area (Å²) in [5.74, 6) is -1.04. The van der Waals surface area contributed by atoms with Crippen molar-refractivity contribution >= 4 is 23.2 Å². The van der Waals surface area contributed by atoms with Gasteiger partial charge in [0.25, 0.3) is 11.8 Å². The standard InChI is InChI=1S/C19H13FN2O2/c1-10-2-4-11(5-3-10)16-14-15(19(24)21-16)17(22-18(14)23)12-6-8-13(20)9-7-12/h2-9H,1H3,(H,21,24)(H,22,23). The highest BCUT2D eigenvalue weighted by Crippen LogP contribution is 2.37. The maximum absolute atomic E-state index is 13.1. The summed E-state index contributed by atoms with van der Waals surface area (Å²) in [6.07, 6.45) is 0. The third-order valence-electron chi connectivity index (χ3n) is 4.15. The molecule has 0 saturated heterocycles. The number of carbonyl (C=O) groups excluding carboxylic acids is 2. The topological polar surface area (TPSA) is 58.2 Å². The van der Waals surface area contributed by atoms with Crippen molar-refractivity contribution in [2.45, 2.75) is 6.92 Å². The predicted molar refractivity (Wildman–Crippen MR) is 87.7 cm³/mol. The van der Waals surface area contributed by atoms with E-state index in [1.54, 1.807) is 0 Å². The number of hydrogen-bond donors (Lipinski definition) is 2. The molecule has 2 aromatic rings. The molecule has 2 aliphatic rings. The lowest BCUT2D eigenvalue weighted by Gasteiger charge is -2.07. The molecule has 0 fully saturated rings. The summed E-state index contributed by atoms with van der Waals surface area (Å²) in [4.78, 5) is 24.9. The second-order valence-electron chi connectivity index (χ2n) is 5.78. The third-order valence-corrected chi connectivity index (χ3v) is 4.15. The van der Waals surface area contributed by atoms with Crippen molar-refractivity contribution in [1.82, 2.24) is 10.6 Å². The van der Waals surface area contributed by atoms with Gasteiger partial charge >= 0.3 is 0 Å². The maximum atomic E-state index is 13.1. The molecule has 0 aromatic heterocycles. The largest absolute Gasteiger partial charge is 0.321 e. The highest BCUT2D eigenvalue weighted by atomic mass is 19.1. The fraction of sp³-hybridized carbons (Fsp3) is 0.0526. The molecule has 0 radical (unpaired) electrons. The molecule has 0 unspecified atom stereocenters. The lowest BCUT2D eigenvalue weighted by Crippen LogP contribution is -2.21. The second kappa shape index (κ2) is 5.16. The van der Waals surface area contributed by atoms with Gasteiger partial charge in [-0.3, -0.25) is 9.59 Å². The van der Waals surface area contributed by atoms with Crippen molar-refractivity contribution in [3.05, 3.63) is 82.2 Å². The van der Waals surface area contributed by atoms with Crippen LogP contribution in [0.25, 0.3) is 11.4 Å². The Hall–Kier alpha value is -3.21. The molecule has 0 spiro atoms. The maximum Gasteiger partial charge on any atom is 0.258 e. The SMILES string of the molecule is Cc1ccc(C2=C3C(=O)NC(c4ccc(F)cc4)=C3C(=O)N2)cc1. The van der Waals surface area contributed by atoms with Crippen LogP contribution in [0.5, 0.6) is 0 Å². The quantitative estimate of drug-likeness (QED) is 0.893. The smallest absolute Gasteiger partial charge is 0.258 e. The normalized spacial score (nSPS) is 16.4. The van der Waals surface area contributed by atoms with Crippen LogP contribution in [0, 0.1) is 12.7 Å². The molecule has 4 rings (SSSR count). The number of benzene rings is 2. The summed E-state index contributed by atoms with van der Waals surface area (Å²) < 4.78 is 13.1. The summed E-state index contributed by atoms with van der Waals surface area (Å²) in [7, 11) is 0. The van der Waals surface area contributed by atoms with E-state index in [-0.39, 0.29) is 17.6 Å². The Balaban J connectivity index is 1.88. The molecule has 118 valence electrons. The summed E-state index contributed by atoms with van der Waals surface area (Å²) >= 11 is 0. The first kappa shape index (κ1) is 14.4. The summed E-state index contributed by atoms with van der Waals surface area (Å²) in [6.45, 7) is 1.97. The van der Waals surface area contributed by atoms with Crippen molar-refractivity contribution in [1.29, 1.82) is 0 Å². The molecule has 0 saturated carbocycles. The van der Waals surface area contributed by atoms with Gasteiger partial charge in [-0.15, -0.1) is 0 Å². The number of carbonyl (C=O) groups is 2. The average molecular weight is 320 g/mol. The van der Waals surface area contributed by atoms with Gasteiger partial charge in [-0.05, 0) is 42.3 Å². The van der Waals surface area contributed by atoms with Gasteiger partial charge in [0.2, 0.25) is 0 Å². The number of fused-ring (bicyclic) bond motifs is 1. The molecular weight excluding hydrogens is 307 g/mol. The first-order chi connectivity index (χ1) is 11.5. The van der Waals surface area contributed by atoms with E-state index >= 15 is 0 Å². The molecule has 24 heavy (non-hydrogen) atoms. The van der Waals surface area contributed by atoms with Gasteiger partial charge in [0.05, 0.1) is 22.5 Å². The van der Waals surface area contributed by atoms with Crippen LogP contribution >= 0.6 is 0 Å². The van der Waals surface area contributed by atoms with E-state index in [2.05, 4.69) is 10.6 Å². The zero-order valence-corrected chi connectivity index (χ0v) is 12.8. The Bertz CT molecular complexity index is 859. The average Bonchev–Trinajstić information content (AvgIpc) is 3.08. The summed E-state index contributed by atoms with van der Waals surface area (Å²) in [5, 5.41) is 5.51. The Morgan fingerprint density at radius 2 is 1.12 bits per heavy atom. The van der Waals surface area contributed by atoms with Crippen LogP contribution in [0.3, 0.4) is 0 Å². The van der Waals surface area contributed by atoms with E-state index < -0.39 is 0 Å². The number of halogens is 1. The van der Waals surface area contributed by atoms with E-state index in [4.69, 9.17) is 0 Å². The Morgan fingerprint density at radius 3 is 1.58 bits per heavy atom. The fourth-order valence-corrected chi connectivity index (χ4v) is 2.95. The van der Waals surface area contributed by atoms with Crippen LogP contribution in [-0.4, -0.2) is 11.8 Å². The van der Waals surface area contributed by atoms with Gasteiger partial charge in [-0.25, -0.2) is 4.39 Å².